The predicted octanol–water partition coefficient (Wildman–Crippen LogP) is 3.12. The van der Waals surface area contributed by atoms with Gasteiger partial charge in [0, 0.05) is 24.1 Å². The van der Waals surface area contributed by atoms with Crippen LogP contribution in [0.25, 0.3) is 0 Å². The first-order valence-electron chi connectivity index (χ1n) is 8.83. The fourth-order valence-corrected chi connectivity index (χ4v) is 4.76. The molecule has 3 rings (SSSR count). The monoisotopic (exact) mass is 334 g/mol. The van der Waals surface area contributed by atoms with Crippen LogP contribution in [0.4, 0.5) is 0 Å². The Bertz CT molecular complexity index is 567. The molecule has 0 spiro atoms. The number of allylic oxidation sites excluding steroid dienone is 2. The van der Waals surface area contributed by atoms with Crippen molar-refractivity contribution in [1.29, 1.82) is 0 Å². The van der Waals surface area contributed by atoms with Crippen LogP contribution < -0.4 is 5.48 Å². The third-order valence-electron chi connectivity index (χ3n) is 6.12. The molecule has 1 N–H and O–H groups in total. The molecule has 0 aromatic carbocycles. The van der Waals surface area contributed by atoms with E-state index in [2.05, 4.69) is 23.5 Å². The van der Waals surface area contributed by atoms with Crippen molar-refractivity contribution >= 4 is 0 Å². The highest BCUT2D eigenvalue weighted by Crippen LogP contribution is 2.54. The Labute approximate surface area is 145 Å². The molecular weight excluding hydrogens is 304 g/mol. The van der Waals surface area contributed by atoms with Gasteiger partial charge in [-0.05, 0) is 51.8 Å². The first-order valence-corrected chi connectivity index (χ1v) is 8.83. The number of fused-ring (bicyclic) bond motifs is 1. The lowest BCUT2D eigenvalue weighted by atomic mass is 9.63. The lowest BCUT2D eigenvalue weighted by molar-refractivity contribution is 0.123. The Morgan fingerprint density at radius 1 is 1.17 bits per heavy atom. The van der Waals surface area contributed by atoms with Crippen LogP contribution in [0.3, 0.4) is 0 Å². The molecule has 24 heavy (non-hydrogen) atoms. The van der Waals surface area contributed by atoms with E-state index in [1.165, 1.54) is 18.4 Å². The second-order valence-corrected chi connectivity index (χ2v) is 7.10. The molecule has 1 aliphatic heterocycles. The van der Waals surface area contributed by atoms with E-state index in [0.29, 0.717) is 6.04 Å². The van der Waals surface area contributed by atoms with Crippen molar-refractivity contribution in [2.24, 2.45) is 5.41 Å². The maximum Gasteiger partial charge on any atom is 0.156 e. The number of hydrogen-bond donors (Lipinski definition) is 1. The van der Waals surface area contributed by atoms with Gasteiger partial charge in [-0.3, -0.25) is 10.3 Å². The normalized spacial score (nSPS) is 32.6. The summed E-state index contributed by atoms with van der Waals surface area (Å²) in [4.78, 5) is 7.52. The lowest BCUT2D eigenvalue weighted by Gasteiger charge is -2.45. The Kier molecular flexibility index (Phi) is 5.21. The first kappa shape index (κ1) is 17.4. The van der Waals surface area contributed by atoms with Crippen LogP contribution in [-0.2, 0) is 14.3 Å². The van der Waals surface area contributed by atoms with Crippen molar-refractivity contribution in [3.63, 3.8) is 0 Å². The van der Waals surface area contributed by atoms with Crippen LogP contribution >= 0.6 is 0 Å². The summed E-state index contributed by atoms with van der Waals surface area (Å²) in [5.74, 6) is 1.88. The number of methoxy groups -OCH3 is 2. The third kappa shape index (κ3) is 2.95. The number of hydrogen-bond acceptors (Lipinski definition) is 5. The van der Waals surface area contributed by atoms with Gasteiger partial charge < -0.3 is 14.4 Å². The van der Waals surface area contributed by atoms with Crippen LogP contribution in [0.5, 0.6) is 0 Å². The molecule has 0 amide bonds. The van der Waals surface area contributed by atoms with Gasteiger partial charge in [-0.1, -0.05) is 11.1 Å². The topological polar surface area (TPSA) is 43.0 Å². The van der Waals surface area contributed by atoms with Gasteiger partial charge in [0.25, 0.3) is 0 Å². The molecule has 1 saturated carbocycles. The average Bonchev–Trinajstić information content (AvgIpc) is 2.97. The summed E-state index contributed by atoms with van der Waals surface area (Å²) in [5.41, 5.74) is 6.17. The SMILES string of the molecule is CONC=C1CC[C@@]2(C3=CC(OC)=C(OC)CC3)CCN(C)[C@H]2C1. The molecule has 5 nitrogen and oxygen atoms in total. The number of rotatable bonds is 5. The second kappa shape index (κ2) is 7.19. The van der Waals surface area contributed by atoms with E-state index in [9.17, 15) is 0 Å². The van der Waals surface area contributed by atoms with Crippen molar-refractivity contribution in [2.45, 2.75) is 44.6 Å². The van der Waals surface area contributed by atoms with Crippen LogP contribution in [0.1, 0.15) is 38.5 Å². The van der Waals surface area contributed by atoms with Gasteiger partial charge in [0.2, 0.25) is 0 Å². The summed E-state index contributed by atoms with van der Waals surface area (Å²) in [5, 5.41) is 0. The van der Waals surface area contributed by atoms with Gasteiger partial charge in [0.15, 0.2) is 5.76 Å². The molecule has 3 aliphatic rings. The number of ether oxygens (including phenoxy) is 2. The van der Waals surface area contributed by atoms with Crippen molar-refractivity contribution in [3.05, 3.63) is 34.9 Å². The second-order valence-electron chi connectivity index (χ2n) is 7.10. The molecular formula is C19H30N2O3. The molecule has 1 heterocycles. The predicted molar refractivity (Wildman–Crippen MR) is 93.9 cm³/mol. The fraction of sp³-hybridized carbons (Fsp3) is 0.684. The number of hydroxylamine groups is 1. The van der Waals surface area contributed by atoms with Crippen LogP contribution in [0.2, 0.25) is 0 Å². The molecule has 0 aromatic heterocycles. The minimum absolute atomic E-state index is 0.280. The fourth-order valence-electron chi connectivity index (χ4n) is 4.76. The van der Waals surface area contributed by atoms with Crippen molar-refractivity contribution in [1.82, 2.24) is 10.4 Å². The molecule has 5 heteroatoms. The van der Waals surface area contributed by atoms with Crippen LogP contribution in [0.15, 0.2) is 34.9 Å². The Hall–Kier alpha value is -1.46. The van der Waals surface area contributed by atoms with E-state index < -0.39 is 0 Å². The summed E-state index contributed by atoms with van der Waals surface area (Å²) < 4.78 is 11.1. The Morgan fingerprint density at radius 2 is 2.00 bits per heavy atom. The number of nitrogens with one attached hydrogen (secondary N) is 1. The van der Waals surface area contributed by atoms with E-state index in [1.807, 2.05) is 6.20 Å². The van der Waals surface area contributed by atoms with Crippen molar-refractivity contribution in [2.75, 3.05) is 34.9 Å². The summed E-state index contributed by atoms with van der Waals surface area (Å²) in [6.45, 7) is 1.16. The molecule has 2 atom stereocenters. The van der Waals surface area contributed by atoms with E-state index in [-0.39, 0.29) is 5.41 Å². The summed E-state index contributed by atoms with van der Waals surface area (Å²) >= 11 is 0. The number of nitrogens with zero attached hydrogens (tertiary/aromatic N) is 1. The Morgan fingerprint density at radius 3 is 2.71 bits per heavy atom. The standard InChI is InChI=1S/C19H30N2O3/c1-21-10-9-19(8-7-14(11-18(19)21)13-20-24-4)15-5-6-16(22-2)17(12-15)23-3/h12-13,18,20H,5-11H2,1-4H3/t18-,19-/m0/s1. The van der Waals surface area contributed by atoms with E-state index in [0.717, 1.165) is 43.7 Å². The van der Waals surface area contributed by atoms with Crippen LogP contribution in [0, 0.1) is 5.41 Å². The molecule has 0 aromatic rings. The van der Waals surface area contributed by atoms with E-state index in [1.54, 1.807) is 26.9 Å². The summed E-state index contributed by atoms with van der Waals surface area (Å²) in [6.07, 6.45) is 11.0. The van der Waals surface area contributed by atoms with Gasteiger partial charge in [-0.2, -0.15) is 0 Å². The summed E-state index contributed by atoms with van der Waals surface area (Å²) in [7, 11) is 7.39. The highest BCUT2D eigenvalue weighted by Gasteiger charge is 2.50. The minimum atomic E-state index is 0.280. The molecule has 1 saturated heterocycles. The molecule has 0 unspecified atom stereocenters. The number of likely N-dealkylation sites (tertiary alicyclic amines) is 1. The van der Waals surface area contributed by atoms with Crippen molar-refractivity contribution in [3.8, 4) is 0 Å². The zero-order valence-corrected chi connectivity index (χ0v) is 15.4. The zero-order chi connectivity index (χ0) is 17.2. The average molecular weight is 334 g/mol. The molecule has 134 valence electrons. The van der Waals surface area contributed by atoms with E-state index in [4.69, 9.17) is 14.3 Å². The highest BCUT2D eigenvalue weighted by atomic mass is 16.6. The lowest BCUT2D eigenvalue weighted by Crippen LogP contribution is -2.43. The van der Waals surface area contributed by atoms with Gasteiger partial charge in [0.1, 0.15) is 5.76 Å². The third-order valence-corrected chi connectivity index (χ3v) is 6.12. The summed E-state index contributed by atoms with van der Waals surface area (Å²) in [6, 6.07) is 0.560. The quantitative estimate of drug-likeness (QED) is 0.783. The van der Waals surface area contributed by atoms with Crippen LogP contribution in [-0.4, -0.2) is 45.9 Å². The van der Waals surface area contributed by atoms with Gasteiger partial charge >= 0.3 is 0 Å². The first-order chi connectivity index (χ1) is 11.6. The van der Waals surface area contributed by atoms with Gasteiger partial charge in [-0.25, -0.2) is 0 Å². The van der Waals surface area contributed by atoms with Gasteiger partial charge in [-0.15, -0.1) is 0 Å². The molecule has 0 bridgehead atoms. The highest BCUT2D eigenvalue weighted by molar-refractivity contribution is 5.35. The maximum absolute atomic E-state index is 5.59. The molecule has 2 fully saturated rings. The minimum Gasteiger partial charge on any atom is -0.497 e. The van der Waals surface area contributed by atoms with Gasteiger partial charge in [0.05, 0.1) is 21.3 Å². The Balaban J connectivity index is 1.89. The van der Waals surface area contributed by atoms with Crippen molar-refractivity contribution < 1.29 is 14.3 Å². The maximum atomic E-state index is 5.59. The molecule has 2 aliphatic carbocycles. The largest absolute Gasteiger partial charge is 0.497 e. The molecule has 0 radical (unpaired) electrons. The zero-order valence-electron chi connectivity index (χ0n) is 15.4. The smallest absolute Gasteiger partial charge is 0.156 e. The van der Waals surface area contributed by atoms with E-state index >= 15 is 0 Å².